The molecule has 1 aromatic rings. The van der Waals surface area contributed by atoms with Crippen LogP contribution in [-0.2, 0) is 14.3 Å². The van der Waals surface area contributed by atoms with Crippen LogP contribution in [0.25, 0.3) is 6.08 Å². The summed E-state index contributed by atoms with van der Waals surface area (Å²) >= 11 is 6.32. The molecule has 5 nitrogen and oxygen atoms in total. The number of para-hydroxylation sites is 1. The van der Waals surface area contributed by atoms with Gasteiger partial charge in [0.2, 0.25) is 0 Å². The van der Waals surface area contributed by atoms with Crippen LogP contribution in [0.3, 0.4) is 0 Å². The Hall–Kier alpha value is -1.86. The highest BCUT2D eigenvalue weighted by Crippen LogP contribution is 2.34. The zero-order valence-corrected chi connectivity index (χ0v) is 13.8. The summed E-state index contributed by atoms with van der Waals surface area (Å²) in [6.45, 7) is 1.82. The molecule has 0 atom stereocenters. The monoisotopic (exact) mass is 337 g/mol. The molecule has 0 saturated carbocycles. The number of amides is 1. The fraction of sp³-hybridized carbons (Fsp3) is 0.267. The number of thioether (sulfide) groups is 1. The van der Waals surface area contributed by atoms with E-state index in [1.807, 2.05) is 24.3 Å². The zero-order valence-electron chi connectivity index (χ0n) is 12.2. The first-order valence-electron chi connectivity index (χ1n) is 6.60. The smallest absolute Gasteiger partial charge is 0.326 e. The minimum absolute atomic E-state index is 0.165. The van der Waals surface area contributed by atoms with Gasteiger partial charge in [0, 0.05) is 5.56 Å². The molecule has 1 fully saturated rings. The SMILES string of the molecule is CCOC(=O)CN1C(=O)C(=Cc2ccccc2OC)SC1=S. The van der Waals surface area contributed by atoms with Crippen molar-refractivity contribution in [2.24, 2.45) is 0 Å². The predicted octanol–water partition coefficient (Wildman–Crippen LogP) is 2.46. The average molecular weight is 337 g/mol. The third-order valence-electron chi connectivity index (χ3n) is 2.89. The number of nitrogens with zero attached hydrogens (tertiary/aromatic N) is 1. The second-order valence-electron chi connectivity index (χ2n) is 4.31. The number of carbonyl (C=O) groups is 2. The second kappa shape index (κ2) is 7.42. The molecule has 7 heteroatoms. The van der Waals surface area contributed by atoms with Gasteiger partial charge in [-0.3, -0.25) is 14.5 Å². The van der Waals surface area contributed by atoms with E-state index in [1.165, 1.54) is 4.90 Å². The van der Waals surface area contributed by atoms with E-state index < -0.39 is 5.97 Å². The standard InChI is InChI=1S/C15H15NO4S2/c1-3-20-13(17)9-16-14(18)12(22-15(16)21)8-10-6-4-5-7-11(10)19-2/h4-8H,3,9H2,1-2H3. The molecular weight excluding hydrogens is 322 g/mol. The highest BCUT2D eigenvalue weighted by molar-refractivity contribution is 8.26. The van der Waals surface area contributed by atoms with E-state index in [2.05, 4.69) is 0 Å². The number of ether oxygens (including phenoxy) is 2. The van der Waals surface area contributed by atoms with Crippen LogP contribution in [0, 0.1) is 0 Å². The van der Waals surface area contributed by atoms with Crippen LogP contribution < -0.4 is 4.74 Å². The molecule has 0 bridgehead atoms. The molecule has 2 rings (SSSR count). The van der Waals surface area contributed by atoms with Gasteiger partial charge in [0.05, 0.1) is 18.6 Å². The molecule has 1 amide bonds. The lowest BCUT2D eigenvalue weighted by Crippen LogP contribution is -2.34. The maximum Gasteiger partial charge on any atom is 0.326 e. The highest BCUT2D eigenvalue weighted by Gasteiger charge is 2.33. The molecule has 0 aromatic heterocycles. The van der Waals surface area contributed by atoms with Crippen molar-refractivity contribution in [1.82, 2.24) is 4.90 Å². The van der Waals surface area contributed by atoms with E-state index >= 15 is 0 Å². The Morgan fingerprint density at radius 1 is 1.41 bits per heavy atom. The van der Waals surface area contributed by atoms with Gasteiger partial charge in [-0.1, -0.05) is 42.2 Å². The first-order chi connectivity index (χ1) is 10.6. The normalized spacial score (nSPS) is 16.3. The summed E-state index contributed by atoms with van der Waals surface area (Å²) in [5, 5.41) is 0. The topological polar surface area (TPSA) is 55.8 Å². The number of rotatable bonds is 5. The van der Waals surface area contributed by atoms with E-state index in [1.54, 1.807) is 20.1 Å². The Kier molecular flexibility index (Phi) is 5.57. The molecule has 0 spiro atoms. The van der Waals surface area contributed by atoms with Gasteiger partial charge in [0.1, 0.15) is 16.6 Å². The third-order valence-corrected chi connectivity index (χ3v) is 4.27. The lowest BCUT2D eigenvalue weighted by Gasteiger charge is -2.12. The molecule has 1 saturated heterocycles. The summed E-state index contributed by atoms with van der Waals surface area (Å²) in [6, 6.07) is 7.36. The van der Waals surface area contributed by atoms with Gasteiger partial charge in [-0.15, -0.1) is 0 Å². The number of benzene rings is 1. The fourth-order valence-electron chi connectivity index (χ4n) is 1.90. The van der Waals surface area contributed by atoms with Crippen LogP contribution in [0.1, 0.15) is 12.5 Å². The Balaban J connectivity index is 2.20. The van der Waals surface area contributed by atoms with Crippen molar-refractivity contribution < 1.29 is 19.1 Å². The molecule has 1 aliphatic rings. The van der Waals surface area contributed by atoms with E-state index in [-0.39, 0.29) is 19.1 Å². The molecule has 1 heterocycles. The number of hydrogen-bond acceptors (Lipinski definition) is 6. The Morgan fingerprint density at radius 3 is 2.82 bits per heavy atom. The maximum absolute atomic E-state index is 12.4. The van der Waals surface area contributed by atoms with Crippen molar-refractivity contribution in [2.45, 2.75) is 6.92 Å². The van der Waals surface area contributed by atoms with Gasteiger partial charge < -0.3 is 9.47 Å². The Labute approximate surface area is 138 Å². The van der Waals surface area contributed by atoms with Gasteiger partial charge in [-0.2, -0.15) is 0 Å². The van der Waals surface area contributed by atoms with Gasteiger partial charge in [-0.05, 0) is 19.1 Å². The van der Waals surface area contributed by atoms with Crippen molar-refractivity contribution in [3.05, 3.63) is 34.7 Å². The van der Waals surface area contributed by atoms with Crippen molar-refractivity contribution in [3.63, 3.8) is 0 Å². The highest BCUT2D eigenvalue weighted by atomic mass is 32.2. The van der Waals surface area contributed by atoms with Crippen molar-refractivity contribution >= 4 is 46.3 Å². The lowest BCUT2D eigenvalue weighted by atomic mass is 10.2. The maximum atomic E-state index is 12.4. The first-order valence-corrected chi connectivity index (χ1v) is 7.83. The summed E-state index contributed by atoms with van der Waals surface area (Å²) < 4.78 is 10.5. The van der Waals surface area contributed by atoms with Gasteiger partial charge in [0.15, 0.2) is 0 Å². The summed E-state index contributed by atoms with van der Waals surface area (Å²) in [6.07, 6.45) is 1.71. The molecule has 0 radical (unpaired) electrons. The Morgan fingerprint density at radius 2 is 2.14 bits per heavy atom. The molecule has 0 aliphatic carbocycles. The third kappa shape index (κ3) is 3.66. The van der Waals surface area contributed by atoms with E-state index in [9.17, 15) is 9.59 Å². The largest absolute Gasteiger partial charge is 0.496 e. The quantitative estimate of drug-likeness (QED) is 0.467. The molecule has 0 N–H and O–H groups in total. The summed E-state index contributed by atoms with van der Waals surface area (Å²) in [5.41, 5.74) is 0.779. The number of thiocarbonyl (C=S) groups is 1. The lowest BCUT2D eigenvalue weighted by molar-refractivity contribution is -0.145. The predicted molar refractivity (Wildman–Crippen MR) is 89.5 cm³/mol. The number of esters is 1. The first kappa shape index (κ1) is 16.5. The van der Waals surface area contributed by atoms with Crippen LogP contribution in [0.2, 0.25) is 0 Å². The molecule has 1 aliphatic heterocycles. The Bertz CT molecular complexity index is 642. The minimum Gasteiger partial charge on any atom is -0.496 e. The van der Waals surface area contributed by atoms with E-state index in [0.717, 1.165) is 17.3 Å². The van der Waals surface area contributed by atoms with E-state index in [4.69, 9.17) is 21.7 Å². The number of methoxy groups -OCH3 is 1. The van der Waals surface area contributed by atoms with Crippen molar-refractivity contribution in [2.75, 3.05) is 20.3 Å². The minimum atomic E-state index is -0.475. The average Bonchev–Trinajstić information content (AvgIpc) is 2.76. The van der Waals surface area contributed by atoms with Crippen molar-refractivity contribution in [3.8, 4) is 5.75 Å². The molecule has 116 valence electrons. The van der Waals surface area contributed by atoms with E-state index in [0.29, 0.717) is 15.0 Å². The summed E-state index contributed by atoms with van der Waals surface area (Å²) in [7, 11) is 1.57. The fourth-order valence-corrected chi connectivity index (χ4v) is 3.14. The molecule has 1 aromatic carbocycles. The van der Waals surface area contributed by atoms with Crippen LogP contribution in [0.15, 0.2) is 29.2 Å². The van der Waals surface area contributed by atoms with Crippen LogP contribution in [-0.4, -0.2) is 41.4 Å². The molecule has 0 unspecified atom stereocenters. The van der Waals surface area contributed by atoms with Crippen LogP contribution >= 0.6 is 24.0 Å². The molecular formula is C15H15NO4S2. The van der Waals surface area contributed by atoms with Crippen LogP contribution in [0.5, 0.6) is 5.75 Å². The van der Waals surface area contributed by atoms with Gasteiger partial charge in [-0.25, -0.2) is 0 Å². The zero-order chi connectivity index (χ0) is 16.1. The van der Waals surface area contributed by atoms with Gasteiger partial charge in [0.25, 0.3) is 5.91 Å². The van der Waals surface area contributed by atoms with Crippen LogP contribution in [0.4, 0.5) is 0 Å². The summed E-state index contributed by atoms with van der Waals surface area (Å²) in [4.78, 5) is 25.6. The number of hydrogen-bond donors (Lipinski definition) is 0. The summed E-state index contributed by atoms with van der Waals surface area (Å²) in [5.74, 6) is -0.107. The van der Waals surface area contributed by atoms with Gasteiger partial charge >= 0.3 is 5.97 Å². The second-order valence-corrected chi connectivity index (χ2v) is 5.99. The van der Waals surface area contributed by atoms with Crippen molar-refractivity contribution in [1.29, 1.82) is 0 Å². The number of carbonyl (C=O) groups excluding carboxylic acids is 2. The molecule has 22 heavy (non-hydrogen) atoms.